The van der Waals surface area contributed by atoms with Crippen LogP contribution in [0.1, 0.15) is 106 Å². The molecule has 0 aliphatic heterocycles. The summed E-state index contributed by atoms with van der Waals surface area (Å²) in [5, 5.41) is 27.0. The molecule has 0 unspecified atom stereocenters. The smallest absolute Gasteiger partial charge is 0.416 e. The zero-order chi connectivity index (χ0) is 51.0. The van der Waals surface area contributed by atoms with Crippen LogP contribution >= 0.6 is 15.9 Å². The van der Waals surface area contributed by atoms with Crippen LogP contribution in [0.15, 0.2) is 179 Å². The number of aliphatic carboxylic acids is 1. The SMILES string of the molecule is C.C.C.C.CCOC(=O)C[C@H](c1ccc(O)cc1)c1ccon1.FC(F)(F)c1ccc(-c2cccc(CBr)c2)cc1.O=C(O)C[C@H](c1ccc(OCc2cccc(-c3ccc(C(F)(F)F)cc3)c2)cc1)c1ccon1. The van der Waals surface area contributed by atoms with Gasteiger partial charge in [0.05, 0.1) is 42.0 Å². The van der Waals surface area contributed by atoms with E-state index in [-0.39, 0.29) is 66.8 Å². The molecule has 10 nitrogen and oxygen atoms in total. The van der Waals surface area contributed by atoms with Crippen LogP contribution in [0.25, 0.3) is 22.3 Å². The van der Waals surface area contributed by atoms with Gasteiger partial charge in [-0.3, -0.25) is 9.59 Å². The molecule has 75 heavy (non-hydrogen) atoms. The van der Waals surface area contributed by atoms with Crippen LogP contribution in [0.4, 0.5) is 26.3 Å². The number of carboxylic acid groups (broad SMARTS) is 1. The number of alkyl halides is 7. The van der Waals surface area contributed by atoms with Crippen molar-refractivity contribution in [3.63, 3.8) is 0 Å². The maximum absolute atomic E-state index is 12.8. The normalized spacial score (nSPS) is 11.4. The number of phenols is 1. The highest BCUT2D eigenvalue weighted by Gasteiger charge is 2.31. The van der Waals surface area contributed by atoms with Gasteiger partial charge in [-0.15, -0.1) is 0 Å². The Morgan fingerprint density at radius 1 is 0.587 bits per heavy atom. The molecule has 0 amide bonds. The molecule has 400 valence electrons. The summed E-state index contributed by atoms with van der Waals surface area (Å²) >= 11 is 3.35. The van der Waals surface area contributed by atoms with Crippen molar-refractivity contribution in [3.05, 3.63) is 215 Å². The highest BCUT2D eigenvalue weighted by atomic mass is 79.9. The Balaban J connectivity index is 0.000000404. The van der Waals surface area contributed by atoms with Crippen molar-refractivity contribution in [1.82, 2.24) is 10.3 Å². The number of halogens is 7. The lowest BCUT2D eigenvalue weighted by Gasteiger charge is -2.14. The number of benzene rings is 6. The number of carboxylic acids is 1. The molecule has 0 saturated heterocycles. The van der Waals surface area contributed by atoms with Crippen LogP contribution in [0.5, 0.6) is 11.5 Å². The predicted octanol–water partition coefficient (Wildman–Crippen LogP) is 16.8. The zero-order valence-corrected chi connectivity index (χ0v) is 39.3. The summed E-state index contributed by atoms with van der Waals surface area (Å²) in [5.74, 6) is -1.13. The van der Waals surface area contributed by atoms with Crippen LogP contribution in [0.3, 0.4) is 0 Å². The van der Waals surface area contributed by atoms with Gasteiger partial charge >= 0.3 is 24.3 Å². The van der Waals surface area contributed by atoms with E-state index in [4.69, 9.17) is 18.5 Å². The Morgan fingerprint density at radius 3 is 1.44 bits per heavy atom. The van der Waals surface area contributed by atoms with Crippen molar-refractivity contribution in [1.29, 1.82) is 0 Å². The summed E-state index contributed by atoms with van der Waals surface area (Å²) in [5.41, 5.74) is 6.65. The number of carbonyl (C=O) groups is 2. The lowest BCUT2D eigenvalue weighted by atomic mass is 9.92. The zero-order valence-electron chi connectivity index (χ0n) is 37.7. The number of carbonyl (C=O) groups excluding carboxylic acids is 1. The Bertz CT molecular complexity index is 2890. The Labute approximate surface area is 442 Å². The van der Waals surface area contributed by atoms with Crippen LogP contribution in [-0.2, 0) is 38.6 Å². The molecule has 0 saturated carbocycles. The number of ether oxygens (including phenoxy) is 2. The molecule has 2 N–H and O–H groups in total. The Hall–Kier alpha value is -7.66. The second-order valence-electron chi connectivity index (χ2n) is 15.7. The summed E-state index contributed by atoms with van der Waals surface area (Å²) in [6, 6.07) is 42.4. The van der Waals surface area contributed by atoms with Gasteiger partial charge in [-0.05, 0) is 106 Å². The Kier molecular flexibility index (Phi) is 25.3. The third-order valence-electron chi connectivity index (χ3n) is 10.8. The quantitative estimate of drug-likeness (QED) is 0.0578. The van der Waals surface area contributed by atoms with Crippen LogP contribution < -0.4 is 4.74 Å². The fraction of sp³-hybridized carbons (Fsp3) is 0.241. The van der Waals surface area contributed by atoms with Gasteiger partial charge < -0.3 is 28.7 Å². The number of esters is 1. The van der Waals surface area contributed by atoms with E-state index in [2.05, 4.69) is 26.2 Å². The largest absolute Gasteiger partial charge is 0.508 e. The second-order valence-corrected chi connectivity index (χ2v) is 16.3. The molecule has 2 aromatic heterocycles. The summed E-state index contributed by atoms with van der Waals surface area (Å²) in [6.07, 6.45) is -5.72. The minimum absolute atomic E-state index is 0. The maximum atomic E-state index is 12.8. The highest BCUT2D eigenvalue weighted by molar-refractivity contribution is 9.08. The topological polar surface area (TPSA) is 145 Å². The van der Waals surface area contributed by atoms with Crippen molar-refractivity contribution in [2.24, 2.45) is 0 Å². The molecular weight excluding hydrogens is 1050 g/mol. The standard InChI is InChI=1S/C26H20F3NO4.C14H10BrF3.C14H15NO4.4CH4/c27-26(28,29)21-8-4-18(5-9-21)20-3-1-2-17(14-20)16-33-22-10-6-19(7-11-22)23(15-25(31)32)24-12-13-34-30-24;15-9-10-2-1-3-12(8-10)11-4-6-13(7-5-11)14(16,17)18;1-2-18-14(17)9-12(13-7-8-19-15-13)10-3-5-11(16)6-4-10;;;;/h1-14,23H,15-16H2,(H,31,32);1-8H,9H2;3-8,12,16H,2,9H2,1H3;4*1H4/t23-;;12-;;;;/m1.1..../s1. The maximum Gasteiger partial charge on any atom is 0.416 e. The molecule has 2 heterocycles. The Morgan fingerprint density at radius 2 is 1.03 bits per heavy atom. The average Bonchev–Trinajstić information content (AvgIpc) is 4.12. The molecule has 0 bridgehead atoms. The van der Waals surface area contributed by atoms with Crippen LogP contribution in [-0.4, -0.2) is 39.1 Å². The molecule has 0 aliphatic carbocycles. The van der Waals surface area contributed by atoms with Crippen LogP contribution in [0, 0.1) is 0 Å². The number of rotatable bonds is 15. The van der Waals surface area contributed by atoms with E-state index < -0.39 is 35.4 Å². The van der Waals surface area contributed by atoms with Gasteiger partial charge in [-0.2, -0.15) is 26.3 Å². The molecule has 6 aromatic carbocycles. The number of phenolic OH excluding ortho intramolecular Hbond substituents is 1. The molecule has 2 atom stereocenters. The lowest BCUT2D eigenvalue weighted by molar-refractivity contribution is -0.143. The summed E-state index contributed by atoms with van der Waals surface area (Å²) in [6.45, 7) is 2.37. The molecule has 17 heteroatoms. The fourth-order valence-electron chi connectivity index (χ4n) is 7.20. The number of hydrogen-bond donors (Lipinski definition) is 2. The highest BCUT2D eigenvalue weighted by Crippen LogP contribution is 2.34. The molecule has 0 fully saturated rings. The van der Waals surface area contributed by atoms with Crippen molar-refractivity contribution in [3.8, 4) is 33.8 Å². The van der Waals surface area contributed by atoms with Crippen molar-refractivity contribution in [2.45, 2.75) is 85.6 Å². The first-order chi connectivity index (χ1) is 34.0. The lowest BCUT2D eigenvalue weighted by Crippen LogP contribution is -2.11. The van der Waals surface area contributed by atoms with E-state index in [1.165, 1.54) is 36.8 Å². The molecule has 8 aromatic rings. The van der Waals surface area contributed by atoms with E-state index in [9.17, 15) is 46.1 Å². The van der Waals surface area contributed by atoms with Gasteiger partial charge in [0.15, 0.2) is 0 Å². The van der Waals surface area contributed by atoms with Crippen molar-refractivity contribution >= 4 is 27.9 Å². The first-order valence-electron chi connectivity index (χ1n) is 21.8. The van der Waals surface area contributed by atoms with E-state index >= 15 is 0 Å². The van der Waals surface area contributed by atoms with Crippen molar-refractivity contribution < 1.29 is 64.7 Å². The fourth-order valence-corrected chi connectivity index (χ4v) is 7.55. The van der Waals surface area contributed by atoms with E-state index in [1.807, 2.05) is 48.5 Å². The second kappa shape index (κ2) is 29.9. The van der Waals surface area contributed by atoms with Gasteiger partial charge in [0.2, 0.25) is 0 Å². The number of nitrogens with zero attached hydrogens (tertiary/aromatic N) is 2. The van der Waals surface area contributed by atoms with Gasteiger partial charge in [-0.25, -0.2) is 0 Å². The first-order valence-corrected chi connectivity index (χ1v) is 22.9. The molecule has 0 spiro atoms. The summed E-state index contributed by atoms with van der Waals surface area (Å²) < 4.78 is 96.2. The van der Waals surface area contributed by atoms with E-state index in [0.717, 1.165) is 68.5 Å². The van der Waals surface area contributed by atoms with E-state index in [1.54, 1.807) is 67.6 Å². The molecular formula is C58H61BrF6N2O8. The minimum Gasteiger partial charge on any atom is -0.508 e. The average molecular weight is 1110 g/mol. The molecule has 0 aliphatic rings. The molecule has 8 rings (SSSR count). The third kappa shape index (κ3) is 19.0. The summed E-state index contributed by atoms with van der Waals surface area (Å²) in [7, 11) is 0. The number of aromatic nitrogens is 2. The summed E-state index contributed by atoms with van der Waals surface area (Å²) in [4.78, 5) is 22.9. The molecule has 0 radical (unpaired) electrons. The van der Waals surface area contributed by atoms with Crippen LogP contribution in [0.2, 0.25) is 0 Å². The number of aromatic hydroxyl groups is 1. The third-order valence-corrected chi connectivity index (χ3v) is 11.4. The van der Waals surface area contributed by atoms with Gasteiger partial charge in [0, 0.05) is 29.3 Å². The van der Waals surface area contributed by atoms with Crippen molar-refractivity contribution in [2.75, 3.05) is 6.61 Å². The van der Waals surface area contributed by atoms with E-state index in [0.29, 0.717) is 29.3 Å². The van der Waals surface area contributed by atoms with Gasteiger partial charge in [0.25, 0.3) is 0 Å². The monoisotopic (exact) mass is 1110 g/mol. The number of hydrogen-bond acceptors (Lipinski definition) is 9. The van der Waals surface area contributed by atoms with Gasteiger partial charge in [0.1, 0.15) is 30.6 Å². The first kappa shape index (κ1) is 63.5. The minimum atomic E-state index is -4.37. The predicted molar refractivity (Wildman–Crippen MR) is 282 cm³/mol. The van der Waals surface area contributed by atoms with Gasteiger partial charge in [-0.1, -0.05) is 147 Å².